The van der Waals surface area contributed by atoms with E-state index in [1.165, 1.54) is 0 Å². The van der Waals surface area contributed by atoms with Crippen molar-refractivity contribution in [2.24, 2.45) is 5.92 Å². The molecule has 0 aromatic carbocycles. The van der Waals surface area contributed by atoms with Crippen molar-refractivity contribution in [3.05, 3.63) is 28.5 Å². The van der Waals surface area contributed by atoms with Gasteiger partial charge >= 0.3 is 0 Å². The minimum absolute atomic E-state index is 0.123. The normalized spacial score (nSPS) is 12.5. The van der Waals surface area contributed by atoms with Crippen LogP contribution in [0, 0.1) is 5.92 Å². The van der Waals surface area contributed by atoms with Crippen molar-refractivity contribution in [3.63, 3.8) is 0 Å². The molecule has 0 radical (unpaired) electrons. The standard InChI is InChI=1S/C12H16Br2N2O/c1-8(2)5-10(6-13)16-12(17)11-4-3-9(14)7-15-11/h3-4,7-8,10H,5-6H2,1-2H3,(H,16,17). The van der Waals surface area contributed by atoms with Gasteiger partial charge in [0, 0.05) is 22.0 Å². The Hall–Kier alpha value is -0.420. The van der Waals surface area contributed by atoms with Crippen molar-refractivity contribution < 1.29 is 4.79 Å². The average molecular weight is 364 g/mol. The second-order valence-electron chi connectivity index (χ2n) is 4.32. The molecule has 1 heterocycles. The van der Waals surface area contributed by atoms with Crippen LogP contribution in [0.4, 0.5) is 0 Å². The van der Waals surface area contributed by atoms with Gasteiger partial charge in [0.25, 0.3) is 5.91 Å². The van der Waals surface area contributed by atoms with Gasteiger partial charge in [-0.05, 0) is 40.4 Å². The zero-order valence-electron chi connectivity index (χ0n) is 9.91. The first kappa shape index (κ1) is 14.6. The molecule has 0 spiro atoms. The Morgan fingerprint density at radius 2 is 2.18 bits per heavy atom. The lowest BCUT2D eigenvalue weighted by Gasteiger charge is -2.17. The van der Waals surface area contributed by atoms with Crippen molar-refractivity contribution >= 4 is 37.8 Å². The van der Waals surface area contributed by atoms with Crippen LogP contribution < -0.4 is 5.32 Å². The Morgan fingerprint density at radius 3 is 2.65 bits per heavy atom. The predicted octanol–water partition coefficient (Wildman–Crippen LogP) is 3.38. The molecule has 0 aliphatic heterocycles. The number of carbonyl (C=O) groups excluding carboxylic acids is 1. The first-order valence-corrected chi connectivity index (χ1v) is 7.42. The average Bonchev–Trinajstić information content (AvgIpc) is 2.28. The molecule has 1 N–H and O–H groups in total. The first-order valence-electron chi connectivity index (χ1n) is 5.51. The van der Waals surface area contributed by atoms with E-state index in [-0.39, 0.29) is 11.9 Å². The second-order valence-corrected chi connectivity index (χ2v) is 5.88. The third kappa shape index (κ3) is 5.17. The fraction of sp³-hybridized carbons (Fsp3) is 0.500. The van der Waals surface area contributed by atoms with E-state index in [2.05, 4.69) is 56.0 Å². The number of carbonyl (C=O) groups is 1. The van der Waals surface area contributed by atoms with Crippen LogP contribution in [0.5, 0.6) is 0 Å². The van der Waals surface area contributed by atoms with Crippen LogP contribution in [0.3, 0.4) is 0 Å². The molecule has 94 valence electrons. The number of pyridine rings is 1. The molecular formula is C12H16Br2N2O. The summed E-state index contributed by atoms with van der Waals surface area (Å²) < 4.78 is 0.869. The molecule has 0 saturated heterocycles. The van der Waals surface area contributed by atoms with E-state index in [4.69, 9.17) is 0 Å². The molecule has 1 atom stereocenters. The predicted molar refractivity (Wildman–Crippen MR) is 76.4 cm³/mol. The molecule has 0 aliphatic carbocycles. The summed E-state index contributed by atoms with van der Waals surface area (Å²) in [6, 6.07) is 3.67. The van der Waals surface area contributed by atoms with Crippen LogP contribution in [0.25, 0.3) is 0 Å². The van der Waals surface area contributed by atoms with Gasteiger partial charge in [-0.1, -0.05) is 29.8 Å². The molecule has 17 heavy (non-hydrogen) atoms. The van der Waals surface area contributed by atoms with E-state index in [1.54, 1.807) is 12.3 Å². The van der Waals surface area contributed by atoms with E-state index in [0.717, 1.165) is 16.2 Å². The number of aromatic nitrogens is 1. The summed E-state index contributed by atoms with van der Waals surface area (Å²) in [7, 11) is 0. The van der Waals surface area contributed by atoms with Crippen molar-refractivity contribution in [3.8, 4) is 0 Å². The summed E-state index contributed by atoms with van der Waals surface area (Å²) in [6.07, 6.45) is 2.58. The van der Waals surface area contributed by atoms with Crippen molar-refractivity contribution in [2.75, 3.05) is 5.33 Å². The fourth-order valence-corrected chi connectivity index (χ4v) is 2.16. The van der Waals surface area contributed by atoms with E-state index in [0.29, 0.717) is 11.6 Å². The smallest absolute Gasteiger partial charge is 0.270 e. The molecule has 1 rings (SSSR count). The third-order valence-corrected chi connectivity index (χ3v) is 3.49. The number of hydrogen-bond acceptors (Lipinski definition) is 2. The van der Waals surface area contributed by atoms with E-state index in [1.807, 2.05) is 6.07 Å². The number of nitrogens with one attached hydrogen (secondary N) is 1. The fourth-order valence-electron chi connectivity index (χ4n) is 1.50. The zero-order valence-corrected chi connectivity index (χ0v) is 13.1. The highest BCUT2D eigenvalue weighted by Gasteiger charge is 2.14. The van der Waals surface area contributed by atoms with Gasteiger partial charge in [0.1, 0.15) is 5.69 Å². The van der Waals surface area contributed by atoms with Gasteiger partial charge in [-0.2, -0.15) is 0 Å². The number of hydrogen-bond donors (Lipinski definition) is 1. The topological polar surface area (TPSA) is 42.0 Å². The lowest BCUT2D eigenvalue weighted by Crippen LogP contribution is -2.37. The molecule has 1 aromatic heterocycles. The maximum atomic E-state index is 11.9. The van der Waals surface area contributed by atoms with Crippen LogP contribution in [0.2, 0.25) is 0 Å². The Bertz CT molecular complexity index is 365. The molecule has 0 fully saturated rings. The Morgan fingerprint density at radius 1 is 1.47 bits per heavy atom. The third-order valence-electron chi connectivity index (χ3n) is 2.24. The quantitative estimate of drug-likeness (QED) is 0.814. The molecule has 5 heteroatoms. The lowest BCUT2D eigenvalue weighted by atomic mass is 10.1. The lowest BCUT2D eigenvalue weighted by molar-refractivity contribution is 0.0932. The maximum absolute atomic E-state index is 11.9. The minimum Gasteiger partial charge on any atom is -0.347 e. The van der Waals surface area contributed by atoms with E-state index in [9.17, 15) is 4.79 Å². The molecule has 3 nitrogen and oxygen atoms in total. The van der Waals surface area contributed by atoms with Crippen molar-refractivity contribution in [2.45, 2.75) is 26.3 Å². The highest BCUT2D eigenvalue weighted by Crippen LogP contribution is 2.10. The molecule has 1 aromatic rings. The molecule has 0 bridgehead atoms. The SMILES string of the molecule is CC(C)CC(CBr)NC(=O)c1ccc(Br)cn1. The van der Waals surface area contributed by atoms with Gasteiger partial charge < -0.3 is 5.32 Å². The van der Waals surface area contributed by atoms with Gasteiger partial charge in [0.15, 0.2) is 0 Å². The highest BCUT2D eigenvalue weighted by molar-refractivity contribution is 9.10. The van der Waals surface area contributed by atoms with Crippen LogP contribution in [0.1, 0.15) is 30.8 Å². The van der Waals surface area contributed by atoms with Crippen molar-refractivity contribution in [1.29, 1.82) is 0 Å². The van der Waals surface area contributed by atoms with Crippen molar-refractivity contribution in [1.82, 2.24) is 10.3 Å². The Balaban J connectivity index is 2.61. The molecule has 0 aliphatic rings. The number of rotatable bonds is 5. The summed E-state index contributed by atoms with van der Waals surface area (Å²) in [5.74, 6) is 0.429. The van der Waals surface area contributed by atoms with Gasteiger partial charge in [-0.15, -0.1) is 0 Å². The molecule has 1 amide bonds. The summed E-state index contributed by atoms with van der Waals surface area (Å²) in [5.41, 5.74) is 0.447. The maximum Gasteiger partial charge on any atom is 0.270 e. The largest absolute Gasteiger partial charge is 0.347 e. The van der Waals surface area contributed by atoms with Gasteiger partial charge in [-0.3, -0.25) is 4.79 Å². The highest BCUT2D eigenvalue weighted by atomic mass is 79.9. The summed E-state index contributed by atoms with van der Waals surface area (Å²) >= 11 is 6.70. The number of nitrogens with zero attached hydrogens (tertiary/aromatic N) is 1. The zero-order chi connectivity index (χ0) is 12.8. The monoisotopic (exact) mass is 362 g/mol. The van der Waals surface area contributed by atoms with Gasteiger partial charge in [0.2, 0.25) is 0 Å². The van der Waals surface area contributed by atoms with E-state index >= 15 is 0 Å². The Kier molecular flexibility index (Phi) is 6.12. The van der Waals surface area contributed by atoms with Crippen LogP contribution in [0.15, 0.2) is 22.8 Å². The van der Waals surface area contributed by atoms with Crippen LogP contribution >= 0.6 is 31.9 Å². The number of halogens is 2. The van der Waals surface area contributed by atoms with E-state index < -0.39 is 0 Å². The number of amides is 1. The van der Waals surface area contributed by atoms with Gasteiger partial charge in [0.05, 0.1) is 0 Å². The summed E-state index contributed by atoms with van der Waals surface area (Å²) in [6.45, 7) is 4.28. The van der Waals surface area contributed by atoms with Gasteiger partial charge in [-0.25, -0.2) is 4.98 Å². The Labute approximate surface area is 119 Å². The minimum atomic E-state index is -0.123. The molecular weight excluding hydrogens is 348 g/mol. The first-order chi connectivity index (χ1) is 8.02. The van der Waals surface area contributed by atoms with Crippen LogP contribution in [-0.2, 0) is 0 Å². The molecule has 1 unspecified atom stereocenters. The summed E-state index contributed by atoms with van der Waals surface area (Å²) in [5, 5.41) is 3.73. The number of alkyl halides is 1. The molecule has 0 saturated carbocycles. The summed E-state index contributed by atoms with van der Waals surface area (Å²) in [4.78, 5) is 16.0. The second kappa shape index (κ2) is 7.11. The van der Waals surface area contributed by atoms with Crippen LogP contribution in [-0.4, -0.2) is 22.3 Å².